The summed E-state index contributed by atoms with van der Waals surface area (Å²) in [6.07, 6.45) is 0. The molecule has 0 aliphatic rings. The Hall–Kier alpha value is -1.48. The standard InChI is InChI=1S/C11H12N2O.ClH/c1-7-3-4-8-9(12)5-6-10(14-2)11(8)13-7;/h3-6H,12H2,1-2H3;1H. The minimum absolute atomic E-state index is 0. The molecule has 0 atom stereocenters. The summed E-state index contributed by atoms with van der Waals surface area (Å²) in [5, 5.41) is 0.940. The number of hydrogen-bond donors (Lipinski definition) is 1. The molecule has 1 aromatic carbocycles. The molecule has 1 aromatic heterocycles. The fourth-order valence-electron chi connectivity index (χ4n) is 1.48. The number of halogens is 1. The Morgan fingerprint density at radius 2 is 1.93 bits per heavy atom. The molecule has 0 saturated heterocycles. The molecule has 2 rings (SSSR count). The van der Waals surface area contributed by atoms with Crippen LogP contribution in [-0.2, 0) is 0 Å². The topological polar surface area (TPSA) is 48.1 Å². The van der Waals surface area contributed by atoms with Crippen LogP contribution in [0.2, 0.25) is 0 Å². The molecule has 2 aromatic rings. The van der Waals surface area contributed by atoms with Crippen LogP contribution in [0.5, 0.6) is 5.75 Å². The number of nitrogens with two attached hydrogens (primary N) is 1. The van der Waals surface area contributed by atoms with Crippen molar-refractivity contribution in [1.82, 2.24) is 4.98 Å². The van der Waals surface area contributed by atoms with Crippen molar-refractivity contribution in [2.24, 2.45) is 0 Å². The quantitative estimate of drug-likeness (QED) is 0.758. The smallest absolute Gasteiger partial charge is 0.145 e. The maximum Gasteiger partial charge on any atom is 0.145 e. The number of methoxy groups -OCH3 is 1. The van der Waals surface area contributed by atoms with Crippen molar-refractivity contribution in [3.63, 3.8) is 0 Å². The number of anilines is 1. The van der Waals surface area contributed by atoms with Crippen LogP contribution in [0.3, 0.4) is 0 Å². The number of benzene rings is 1. The van der Waals surface area contributed by atoms with E-state index in [1.807, 2.05) is 31.2 Å². The van der Waals surface area contributed by atoms with E-state index in [0.29, 0.717) is 0 Å². The molecule has 0 radical (unpaired) electrons. The molecule has 0 aliphatic carbocycles. The molecule has 1 heterocycles. The van der Waals surface area contributed by atoms with Crippen LogP contribution in [0.15, 0.2) is 24.3 Å². The third-order valence-corrected chi connectivity index (χ3v) is 2.21. The van der Waals surface area contributed by atoms with Crippen LogP contribution in [0.4, 0.5) is 5.69 Å². The first-order chi connectivity index (χ1) is 6.72. The van der Waals surface area contributed by atoms with Crippen LogP contribution in [-0.4, -0.2) is 12.1 Å². The van der Waals surface area contributed by atoms with Gasteiger partial charge in [-0.25, -0.2) is 4.98 Å². The molecule has 0 amide bonds. The number of aromatic nitrogens is 1. The number of fused-ring (bicyclic) bond motifs is 1. The van der Waals surface area contributed by atoms with Crippen LogP contribution < -0.4 is 10.5 Å². The lowest BCUT2D eigenvalue weighted by Crippen LogP contribution is -1.93. The van der Waals surface area contributed by atoms with Crippen LogP contribution in [0.1, 0.15) is 5.69 Å². The molecule has 80 valence electrons. The van der Waals surface area contributed by atoms with Gasteiger partial charge < -0.3 is 10.5 Å². The highest BCUT2D eigenvalue weighted by Gasteiger charge is 2.05. The Morgan fingerprint density at radius 3 is 2.60 bits per heavy atom. The van der Waals surface area contributed by atoms with Crippen molar-refractivity contribution in [3.05, 3.63) is 30.0 Å². The van der Waals surface area contributed by atoms with Crippen molar-refractivity contribution < 1.29 is 4.74 Å². The van der Waals surface area contributed by atoms with E-state index in [0.717, 1.165) is 28.0 Å². The minimum Gasteiger partial charge on any atom is -0.494 e. The zero-order chi connectivity index (χ0) is 10.1. The summed E-state index contributed by atoms with van der Waals surface area (Å²) in [5.41, 5.74) is 8.35. The average Bonchev–Trinajstić information content (AvgIpc) is 2.18. The van der Waals surface area contributed by atoms with Gasteiger partial charge in [0.25, 0.3) is 0 Å². The lowest BCUT2D eigenvalue weighted by atomic mass is 10.1. The lowest BCUT2D eigenvalue weighted by molar-refractivity contribution is 0.419. The Bertz CT molecular complexity index is 485. The van der Waals surface area contributed by atoms with Gasteiger partial charge in [0.1, 0.15) is 11.3 Å². The lowest BCUT2D eigenvalue weighted by Gasteiger charge is -2.07. The largest absolute Gasteiger partial charge is 0.494 e. The summed E-state index contributed by atoms with van der Waals surface area (Å²) in [4.78, 5) is 4.40. The van der Waals surface area contributed by atoms with Crippen molar-refractivity contribution in [2.75, 3.05) is 12.8 Å². The fraction of sp³-hybridized carbons (Fsp3) is 0.182. The maximum atomic E-state index is 5.83. The molecule has 0 bridgehead atoms. The molecule has 0 unspecified atom stereocenters. The molecular formula is C11H13ClN2O. The average molecular weight is 225 g/mol. The van der Waals surface area contributed by atoms with E-state index in [1.165, 1.54) is 0 Å². The molecule has 0 saturated carbocycles. The van der Waals surface area contributed by atoms with Gasteiger partial charge in [0.15, 0.2) is 0 Å². The van der Waals surface area contributed by atoms with Crippen LogP contribution in [0, 0.1) is 6.92 Å². The highest BCUT2D eigenvalue weighted by molar-refractivity contribution is 5.94. The zero-order valence-electron chi connectivity index (χ0n) is 8.65. The van der Waals surface area contributed by atoms with Crippen LogP contribution >= 0.6 is 12.4 Å². The van der Waals surface area contributed by atoms with E-state index in [1.54, 1.807) is 7.11 Å². The van der Waals surface area contributed by atoms with E-state index < -0.39 is 0 Å². The van der Waals surface area contributed by atoms with Gasteiger partial charge in [-0.1, -0.05) is 0 Å². The predicted octanol–water partition coefficient (Wildman–Crippen LogP) is 2.56. The molecule has 2 N–H and O–H groups in total. The third-order valence-electron chi connectivity index (χ3n) is 2.21. The number of aryl methyl sites for hydroxylation is 1. The third kappa shape index (κ3) is 1.97. The van der Waals surface area contributed by atoms with Crippen molar-refractivity contribution in [2.45, 2.75) is 6.92 Å². The number of nitrogen functional groups attached to an aromatic ring is 1. The molecule has 0 fully saturated rings. The molecule has 4 heteroatoms. The van der Waals surface area contributed by atoms with Gasteiger partial charge in [-0.2, -0.15) is 0 Å². The normalized spacial score (nSPS) is 9.73. The van der Waals surface area contributed by atoms with E-state index in [-0.39, 0.29) is 12.4 Å². The van der Waals surface area contributed by atoms with Gasteiger partial charge in [0.05, 0.1) is 7.11 Å². The highest BCUT2D eigenvalue weighted by atomic mass is 35.5. The highest BCUT2D eigenvalue weighted by Crippen LogP contribution is 2.28. The summed E-state index contributed by atoms with van der Waals surface area (Å²) in [6.45, 7) is 1.95. The Labute approximate surface area is 94.7 Å². The summed E-state index contributed by atoms with van der Waals surface area (Å²) in [6, 6.07) is 7.58. The fourth-order valence-corrected chi connectivity index (χ4v) is 1.48. The molecule has 3 nitrogen and oxygen atoms in total. The SMILES string of the molecule is COc1ccc(N)c2ccc(C)nc12.Cl. The van der Waals surface area contributed by atoms with Gasteiger partial charge in [0.2, 0.25) is 0 Å². The number of ether oxygens (including phenoxy) is 1. The second kappa shape index (κ2) is 4.36. The van der Waals surface area contributed by atoms with Crippen molar-refractivity contribution in [1.29, 1.82) is 0 Å². The number of hydrogen-bond acceptors (Lipinski definition) is 3. The maximum absolute atomic E-state index is 5.83. The van der Waals surface area contributed by atoms with E-state index in [9.17, 15) is 0 Å². The van der Waals surface area contributed by atoms with Crippen LogP contribution in [0.25, 0.3) is 10.9 Å². The number of nitrogens with zero attached hydrogens (tertiary/aromatic N) is 1. The van der Waals surface area contributed by atoms with Crippen molar-refractivity contribution in [3.8, 4) is 5.75 Å². The molecule has 0 spiro atoms. The molecule has 15 heavy (non-hydrogen) atoms. The Morgan fingerprint density at radius 1 is 1.20 bits per heavy atom. The number of rotatable bonds is 1. The second-order valence-corrected chi connectivity index (χ2v) is 3.21. The first-order valence-electron chi connectivity index (χ1n) is 4.42. The number of pyridine rings is 1. The summed E-state index contributed by atoms with van der Waals surface area (Å²) in [7, 11) is 1.63. The van der Waals surface area contributed by atoms with E-state index in [4.69, 9.17) is 10.5 Å². The first-order valence-corrected chi connectivity index (χ1v) is 4.42. The van der Waals surface area contributed by atoms with Gasteiger partial charge in [-0.3, -0.25) is 0 Å². The molecular weight excluding hydrogens is 212 g/mol. The van der Waals surface area contributed by atoms with Gasteiger partial charge >= 0.3 is 0 Å². The van der Waals surface area contributed by atoms with Gasteiger partial charge in [0, 0.05) is 16.8 Å². The Balaban J connectivity index is 0.00000112. The van der Waals surface area contributed by atoms with Crippen molar-refractivity contribution >= 4 is 29.0 Å². The van der Waals surface area contributed by atoms with E-state index in [2.05, 4.69) is 4.98 Å². The first kappa shape index (κ1) is 11.6. The second-order valence-electron chi connectivity index (χ2n) is 3.21. The monoisotopic (exact) mass is 224 g/mol. The summed E-state index contributed by atoms with van der Waals surface area (Å²) < 4.78 is 5.22. The predicted molar refractivity (Wildman–Crippen MR) is 64.7 cm³/mol. The molecule has 0 aliphatic heterocycles. The summed E-state index contributed by atoms with van der Waals surface area (Å²) >= 11 is 0. The van der Waals surface area contributed by atoms with E-state index >= 15 is 0 Å². The minimum atomic E-state index is 0. The Kier molecular flexibility index (Phi) is 3.37. The zero-order valence-corrected chi connectivity index (χ0v) is 9.47. The summed E-state index contributed by atoms with van der Waals surface area (Å²) in [5.74, 6) is 0.762. The van der Waals surface area contributed by atoms with Gasteiger partial charge in [-0.05, 0) is 31.2 Å². The van der Waals surface area contributed by atoms with Gasteiger partial charge in [-0.15, -0.1) is 12.4 Å².